The van der Waals surface area contributed by atoms with Crippen LogP contribution in [0.5, 0.6) is 0 Å². The van der Waals surface area contributed by atoms with Crippen molar-refractivity contribution in [2.75, 3.05) is 0 Å². The van der Waals surface area contributed by atoms with Gasteiger partial charge in [-0.15, -0.1) is 11.1 Å². The molecule has 758 valence electrons. The highest BCUT2D eigenvalue weighted by Gasteiger charge is 2.25. The van der Waals surface area contributed by atoms with Gasteiger partial charge in [0.2, 0.25) is 0 Å². The van der Waals surface area contributed by atoms with Gasteiger partial charge in [0.05, 0.1) is 5.22 Å². The van der Waals surface area contributed by atoms with Crippen molar-refractivity contribution >= 4 is 10.8 Å². The smallest absolute Gasteiger partial charge is 0.280 e. The van der Waals surface area contributed by atoms with E-state index >= 15 is 0 Å². The van der Waals surface area contributed by atoms with Gasteiger partial charge < -0.3 is 17.5 Å². The minimum atomic E-state index is -0.684. The highest BCUT2D eigenvalue weighted by atomic mass is 19.2. The number of nitrogens with two attached hydrogens (primary N) is 3. The summed E-state index contributed by atoms with van der Waals surface area (Å²) in [5, 5.41) is 170. The van der Waals surface area contributed by atoms with Crippen molar-refractivity contribution in [3.63, 3.8) is 0 Å². The van der Waals surface area contributed by atoms with Crippen LogP contribution in [0.2, 0.25) is 0 Å². The molecule has 0 amide bonds. The lowest BCUT2D eigenvalue weighted by atomic mass is 9.80. The summed E-state index contributed by atoms with van der Waals surface area (Å²) < 4.78 is 83.1. The van der Waals surface area contributed by atoms with E-state index in [1.807, 2.05) is 52.8 Å². The van der Waals surface area contributed by atoms with Gasteiger partial charge in [0.15, 0.2) is 34.9 Å². The Morgan fingerprint density at radius 2 is 0.526 bits per heavy atom. The fraction of sp³-hybridized carbons (Fsp3) is 0.614. The van der Waals surface area contributed by atoms with Crippen molar-refractivity contribution in [3.8, 4) is 0 Å². The van der Waals surface area contributed by atoms with Gasteiger partial charge in [0.1, 0.15) is 0 Å². The fourth-order valence-corrected chi connectivity index (χ4v) is 8.25. The number of halogens is 6. The molecule has 4 aromatic rings. The maximum absolute atomic E-state index is 14.3. The Hall–Kier alpha value is -18.3. The number of hydrogen-bond acceptors (Lipinski definition) is 9. The largest absolute Gasteiger partial charge is 0.303 e. The number of nitrogens with zero attached hydrogens (tertiary/aromatic N) is 65. The molecule has 0 aliphatic heterocycles. The minimum absolute atomic E-state index is 0. The minimum Gasteiger partial charge on any atom is -0.303 e. The average Bonchev–Trinajstić information content (AvgIpc) is 0.779. The highest BCUT2D eigenvalue weighted by Crippen LogP contribution is 2.34. The number of rotatable bonds is 40. The van der Waals surface area contributed by atoms with Crippen LogP contribution in [0.15, 0.2) is 345 Å². The standard InChI is InChI=1S/C17H20F2.C16H22F2.C12H16F2.12CH4.H2N22.H3N21.2H3N11.N6.HN3/c1-4-6-12-8-9-13-10-14(7-5-2)16(18)17(19)15(13)11(12)3;1-3-5-11-7-8-12-10-13(6-4-2)15(17)16(18)14(12)9-11;1-3-5-9-7-8-10(6-4-2)12(14)11(9)13;;;;;;;;;;;;;1-3-5-7-9-11-13-15-17-19-21-22-20-18-16-14-12-10-8-6-4-2;1-3-5-7-9-11-13-15-17-19-21-20-18-16-14-12-10-8-6-4-2;2*1-3-5-7-9-11-10-8-6-4-2;1-3-5-6-4-2;1-3-2/h8-10H,4-7H2,1-3H3;10-11H,3-9H2,1-2H3;7-8H,3-6H2,1-2H3;12*1H4;1-2H;(H3,1,2,5,6,9,10,13,14,17,18,21);2*(H3,1,2,5,6,9,10);;1H/b;;;;;;;;;;;;;;;3-1?,4-2?,7-5+,8-6+,11-9+,12-10+,15-13+,16-14+,19-17+,20-18+,22-21+;;;;;. The number of azide groups is 2. The molecule has 0 heterocycles. The third kappa shape index (κ3) is 86.8. The quantitative estimate of drug-likeness (QED) is 0.00524. The first-order chi connectivity index (χ1) is 61.0. The lowest BCUT2D eigenvalue weighted by molar-refractivity contribution is 0.400. The Labute approximate surface area is 780 Å². The van der Waals surface area contributed by atoms with Crippen LogP contribution in [0.3, 0.4) is 0 Å². The molecule has 1 unspecified atom stereocenters. The van der Waals surface area contributed by atoms with Crippen LogP contribution in [0.25, 0.3) is 42.1 Å². The summed E-state index contributed by atoms with van der Waals surface area (Å²) in [4.78, 5) is 6.01. The number of fused-ring (bicyclic) bond motifs is 2. The predicted molar refractivity (Wildman–Crippen MR) is 475 cm³/mol. The summed E-state index contributed by atoms with van der Waals surface area (Å²) in [6, 6.07) is 11.0. The zero-order valence-electron chi connectivity index (χ0n) is 65.7. The summed E-state index contributed by atoms with van der Waals surface area (Å²) in [6.07, 6.45) is 12.7. The van der Waals surface area contributed by atoms with Crippen molar-refractivity contribution in [2.45, 2.75) is 234 Å². The summed E-state index contributed by atoms with van der Waals surface area (Å²) in [5.74, 6) is 10.4. The number of aryl methyl sites for hydroxylation is 7. The Bertz CT molecular complexity index is 4620. The predicted octanol–water partition coefficient (Wildman–Crippen LogP) is 34.2. The molecule has 74 nitrogen and oxygen atoms in total. The number of nitrogens with one attached hydrogen (secondary N) is 6. The lowest BCUT2D eigenvalue weighted by Gasteiger charge is -2.25. The molecule has 5 rings (SSSR count). The molecular formula is C57H118F6N74. The van der Waals surface area contributed by atoms with Gasteiger partial charge in [-0.2, -0.15) is 32.6 Å². The Kier molecular flexibility index (Phi) is 136. The average molecular weight is 1950 g/mol. The van der Waals surface area contributed by atoms with Crippen molar-refractivity contribution in [2.24, 2.45) is 332 Å². The molecule has 4 aromatic carbocycles. The molecule has 0 saturated carbocycles. The van der Waals surface area contributed by atoms with Crippen molar-refractivity contribution in [3.05, 3.63) is 147 Å². The summed E-state index contributed by atoms with van der Waals surface area (Å²) in [7, 11) is 0. The van der Waals surface area contributed by atoms with E-state index in [-0.39, 0.29) is 89.1 Å². The first-order valence-corrected chi connectivity index (χ1v) is 33.2. The molecule has 1 atom stereocenters. The van der Waals surface area contributed by atoms with E-state index in [1.54, 1.807) is 23.1 Å². The van der Waals surface area contributed by atoms with Gasteiger partial charge in [0.25, 0.3) is 5.22 Å². The van der Waals surface area contributed by atoms with Crippen molar-refractivity contribution in [1.82, 2.24) is 0 Å². The van der Waals surface area contributed by atoms with Crippen LogP contribution >= 0.6 is 0 Å². The summed E-state index contributed by atoms with van der Waals surface area (Å²) in [5.41, 5.74) is 63.5. The Morgan fingerprint density at radius 1 is 0.307 bits per heavy atom. The molecule has 0 spiro atoms. The molecule has 1 aliphatic carbocycles. The van der Waals surface area contributed by atoms with Crippen molar-refractivity contribution in [1.29, 1.82) is 33.2 Å². The first kappa shape index (κ1) is 156. The third-order valence-corrected chi connectivity index (χ3v) is 12.3. The second-order valence-corrected chi connectivity index (χ2v) is 19.8. The normalized spacial score (nSPS) is 11.8. The van der Waals surface area contributed by atoms with Gasteiger partial charge in [-0.3, -0.25) is 0 Å². The maximum Gasteiger partial charge on any atom is 0.280 e. The second-order valence-electron chi connectivity index (χ2n) is 19.8. The van der Waals surface area contributed by atoms with E-state index in [0.29, 0.717) is 64.8 Å². The monoisotopic (exact) mass is 1950 g/mol. The summed E-state index contributed by atoms with van der Waals surface area (Å²) >= 11 is 0. The molecule has 0 saturated heterocycles. The number of benzene rings is 4. The van der Waals surface area contributed by atoms with Crippen LogP contribution in [0, 0.1) is 80.9 Å². The van der Waals surface area contributed by atoms with Crippen LogP contribution in [-0.2, 0) is 44.9 Å². The summed E-state index contributed by atoms with van der Waals surface area (Å²) in [6.45, 7) is 14.0. The van der Waals surface area contributed by atoms with Crippen molar-refractivity contribution < 1.29 is 26.3 Å². The number of hydrogen-bond donors (Lipinski definition) is 9. The van der Waals surface area contributed by atoms with E-state index in [2.05, 4.69) is 349 Å². The van der Waals surface area contributed by atoms with Crippen LogP contribution < -0.4 is 17.5 Å². The maximum atomic E-state index is 14.3. The van der Waals surface area contributed by atoms with Gasteiger partial charge in [0, 0.05) is 46.9 Å². The van der Waals surface area contributed by atoms with Crippen LogP contribution in [-0.4, -0.2) is 0 Å². The molecular weight excluding hydrogens is 1840 g/mol. The van der Waals surface area contributed by atoms with E-state index < -0.39 is 34.9 Å². The molecule has 0 fully saturated rings. The zero-order chi connectivity index (χ0) is 93.5. The van der Waals surface area contributed by atoms with E-state index in [4.69, 9.17) is 49.8 Å². The molecule has 0 bridgehead atoms. The van der Waals surface area contributed by atoms with Gasteiger partial charge in [-0.25, -0.2) is 26.3 Å². The van der Waals surface area contributed by atoms with Gasteiger partial charge >= 0.3 is 0 Å². The molecule has 80 heteroatoms. The Morgan fingerprint density at radius 3 is 0.766 bits per heavy atom. The molecule has 0 aromatic heterocycles. The first-order valence-electron chi connectivity index (χ1n) is 33.2. The molecule has 1 aliphatic rings. The molecule has 137 heavy (non-hydrogen) atoms. The van der Waals surface area contributed by atoms with Gasteiger partial charge in [-0.05, 0) is 376 Å². The molecule has 12 N–H and O–H groups in total. The third-order valence-electron chi connectivity index (χ3n) is 12.3. The topological polar surface area (TPSA) is 1060 Å². The van der Waals surface area contributed by atoms with Crippen LogP contribution in [0.1, 0.15) is 227 Å². The fourth-order valence-electron chi connectivity index (χ4n) is 8.25. The van der Waals surface area contributed by atoms with Crippen LogP contribution in [0.4, 0.5) is 26.3 Å². The van der Waals surface area contributed by atoms with E-state index in [0.717, 1.165) is 92.7 Å². The second kappa shape index (κ2) is 120. The van der Waals surface area contributed by atoms with Gasteiger partial charge in [-0.1, -0.05) is 227 Å². The van der Waals surface area contributed by atoms with E-state index in [9.17, 15) is 26.3 Å². The lowest BCUT2D eigenvalue weighted by Crippen LogP contribution is -2.17. The van der Waals surface area contributed by atoms with E-state index in [1.165, 1.54) is 0 Å². The molecule has 0 radical (unpaired) electrons. The zero-order valence-corrected chi connectivity index (χ0v) is 65.7. The SMILES string of the molecule is C.C.C.C.C.C.C.C.C.C.C.C.CCCc1cc2c(c(F)c1F)CC(CCC)CC2.CCCc1cc2ccc(CCC)c(C)c2c(F)c1F.CCCc1ccc(CCC)c(F)c1F.N=N/N=N/N=N/N=N/N=N/N.N=N/N=N/N=N/N=N/N=N/N.N=N/N=N/N=N/N=N/N=N/N=N/N=N/N=N/N=N/N=N/N.N=N/N=N/N=N/N=N/N=N/N=N/N=N/N=N/N=N/N=N/N=N.[N-]=[N+]=N.[N-]=[N+]=NN=[N+]=[N-]. The highest BCUT2D eigenvalue weighted by molar-refractivity contribution is 5.88. The Balaban J connectivity index is -0.0000000873.